The lowest BCUT2D eigenvalue weighted by molar-refractivity contribution is -0.157. The molecule has 0 aliphatic carbocycles. The third-order valence-electron chi connectivity index (χ3n) is 1.19. The Hall–Kier alpha value is -1.08. The van der Waals surface area contributed by atoms with Crippen LogP contribution in [0.3, 0.4) is 0 Å². The van der Waals surface area contributed by atoms with Crippen LogP contribution in [0.4, 0.5) is 26.3 Å². The van der Waals surface area contributed by atoms with Crippen LogP contribution < -0.4 is 0 Å². The van der Waals surface area contributed by atoms with Crippen LogP contribution in [-0.2, 0) is 9.59 Å². The number of Topliss-reactive ketones (excluding diaryl/α,β-unsaturated/α-hetero) is 2. The maximum Gasteiger partial charge on any atom is 0.395 e. The molecule has 0 rings (SSSR count). The number of ketones is 2. The Morgan fingerprint density at radius 3 is 1.20 bits per heavy atom. The molecule has 0 spiro atoms. The first-order chi connectivity index (χ1) is 6.49. The van der Waals surface area contributed by atoms with Gasteiger partial charge in [-0.3, -0.25) is 9.59 Å². The standard InChI is InChI=1S/C7H6F6O2/c8-6(9,10)2-4(14)1-5(15)3-7(11,12)13/h1-3H2. The molecule has 0 saturated carbocycles. The van der Waals surface area contributed by atoms with E-state index in [1.807, 2.05) is 0 Å². The summed E-state index contributed by atoms with van der Waals surface area (Å²) in [4.78, 5) is 20.9. The summed E-state index contributed by atoms with van der Waals surface area (Å²) in [6.45, 7) is 0. The van der Waals surface area contributed by atoms with E-state index in [-0.39, 0.29) is 0 Å². The second kappa shape index (κ2) is 4.63. The van der Waals surface area contributed by atoms with Crippen molar-refractivity contribution in [3.05, 3.63) is 0 Å². The van der Waals surface area contributed by atoms with Gasteiger partial charge in [0.15, 0.2) is 0 Å². The van der Waals surface area contributed by atoms with E-state index in [4.69, 9.17) is 0 Å². The van der Waals surface area contributed by atoms with Gasteiger partial charge in [-0.1, -0.05) is 0 Å². The van der Waals surface area contributed by atoms with Crippen molar-refractivity contribution in [1.82, 2.24) is 0 Å². The zero-order valence-corrected chi connectivity index (χ0v) is 7.21. The van der Waals surface area contributed by atoms with Gasteiger partial charge in [-0.15, -0.1) is 0 Å². The van der Waals surface area contributed by atoms with Gasteiger partial charge in [-0.25, -0.2) is 0 Å². The topological polar surface area (TPSA) is 34.1 Å². The Morgan fingerprint density at radius 2 is 1.00 bits per heavy atom. The number of halogens is 6. The van der Waals surface area contributed by atoms with Gasteiger partial charge in [0.05, 0.1) is 6.42 Å². The molecular weight excluding hydrogens is 230 g/mol. The fraction of sp³-hybridized carbons (Fsp3) is 0.714. The first-order valence-electron chi connectivity index (χ1n) is 3.66. The fourth-order valence-electron chi connectivity index (χ4n) is 0.792. The van der Waals surface area contributed by atoms with Crippen molar-refractivity contribution in [3.63, 3.8) is 0 Å². The van der Waals surface area contributed by atoms with Crippen LogP contribution >= 0.6 is 0 Å². The van der Waals surface area contributed by atoms with Gasteiger partial charge in [0.25, 0.3) is 0 Å². The maximum absolute atomic E-state index is 11.5. The molecule has 0 unspecified atom stereocenters. The molecular formula is C7H6F6O2. The van der Waals surface area contributed by atoms with Crippen molar-refractivity contribution in [3.8, 4) is 0 Å². The van der Waals surface area contributed by atoms with Crippen LogP contribution in [0.2, 0.25) is 0 Å². The van der Waals surface area contributed by atoms with Crippen molar-refractivity contribution >= 4 is 11.6 Å². The Bertz CT molecular complexity index is 225. The van der Waals surface area contributed by atoms with Gasteiger partial charge in [0.2, 0.25) is 0 Å². The van der Waals surface area contributed by atoms with Crippen molar-refractivity contribution in [2.45, 2.75) is 31.6 Å². The minimum Gasteiger partial charge on any atom is -0.299 e. The highest BCUT2D eigenvalue weighted by Crippen LogP contribution is 2.23. The number of hydrogen-bond donors (Lipinski definition) is 0. The number of hydrogen-bond acceptors (Lipinski definition) is 2. The molecule has 0 aromatic carbocycles. The van der Waals surface area contributed by atoms with Gasteiger partial charge in [-0.05, 0) is 0 Å². The second-order valence-corrected chi connectivity index (χ2v) is 2.84. The molecule has 0 aromatic heterocycles. The molecule has 15 heavy (non-hydrogen) atoms. The molecule has 0 aliphatic rings. The monoisotopic (exact) mass is 236 g/mol. The first-order valence-corrected chi connectivity index (χ1v) is 3.66. The molecule has 0 atom stereocenters. The third kappa shape index (κ3) is 9.23. The summed E-state index contributed by atoms with van der Waals surface area (Å²) in [5.74, 6) is -3.12. The highest BCUT2D eigenvalue weighted by molar-refractivity contribution is 5.99. The smallest absolute Gasteiger partial charge is 0.299 e. The largest absolute Gasteiger partial charge is 0.395 e. The zero-order chi connectivity index (χ0) is 12.3. The summed E-state index contributed by atoms with van der Waals surface area (Å²) in [6, 6.07) is 0. The second-order valence-electron chi connectivity index (χ2n) is 2.84. The molecule has 0 aliphatic heterocycles. The number of rotatable bonds is 4. The molecule has 0 saturated heterocycles. The van der Waals surface area contributed by atoms with E-state index in [2.05, 4.69) is 0 Å². The van der Waals surface area contributed by atoms with Crippen molar-refractivity contribution in [1.29, 1.82) is 0 Å². The lowest BCUT2D eigenvalue weighted by Crippen LogP contribution is -2.21. The van der Waals surface area contributed by atoms with Crippen molar-refractivity contribution < 1.29 is 35.9 Å². The van der Waals surface area contributed by atoms with Crippen molar-refractivity contribution in [2.24, 2.45) is 0 Å². The molecule has 0 bridgehead atoms. The average Bonchev–Trinajstić information content (AvgIpc) is 1.73. The van der Waals surface area contributed by atoms with Crippen LogP contribution in [0.15, 0.2) is 0 Å². The summed E-state index contributed by atoms with van der Waals surface area (Å²) in [5, 5.41) is 0. The summed E-state index contributed by atoms with van der Waals surface area (Å²) in [7, 11) is 0. The Morgan fingerprint density at radius 1 is 0.733 bits per heavy atom. The van der Waals surface area contributed by atoms with Gasteiger partial charge in [-0.2, -0.15) is 26.3 Å². The summed E-state index contributed by atoms with van der Waals surface area (Å²) < 4.78 is 69.2. The van der Waals surface area contributed by atoms with E-state index in [1.165, 1.54) is 0 Å². The lowest BCUT2D eigenvalue weighted by atomic mass is 10.1. The molecule has 2 nitrogen and oxygen atoms in total. The molecule has 88 valence electrons. The lowest BCUT2D eigenvalue weighted by Gasteiger charge is -2.06. The van der Waals surface area contributed by atoms with Crippen LogP contribution in [0.25, 0.3) is 0 Å². The minimum atomic E-state index is -4.80. The number of alkyl halides is 6. The summed E-state index contributed by atoms with van der Waals surface area (Å²) >= 11 is 0. The number of carbonyl (C=O) groups is 2. The molecule has 0 radical (unpaired) electrons. The number of carbonyl (C=O) groups excluding carboxylic acids is 2. The van der Waals surface area contributed by atoms with E-state index in [0.717, 1.165) is 0 Å². The predicted molar refractivity (Wildman–Crippen MR) is 36.0 cm³/mol. The van der Waals surface area contributed by atoms with E-state index >= 15 is 0 Å². The highest BCUT2D eigenvalue weighted by atomic mass is 19.4. The Labute approximate surface area is 80.2 Å². The van der Waals surface area contributed by atoms with Crippen LogP contribution in [0, 0.1) is 0 Å². The van der Waals surface area contributed by atoms with E-state index in [9.17, 15) is 35.9 Å². The summed E-state index contributed by atoms with van der Waals surface area (Å²) in [6.07, 6.45) is -14.7. The van der Waals surface area contributed by atoms with Crippen LogP contribution in [0.1, 0.15) is 19.3 Å². The van der Waals surface area contributed by atoms with Crippen molar-refractivity contribution in [2.75, 3.05) is 0 Å². The fourth-order valence-corrected chi connectivity index (χ4v) is 0.792. The maximum atomic E-state index is 11.5. The zero-order valence-electron chi connectivity index (χ0n) is 7.21. The van der Waals surface area contributed by atoms with Crippen LogP contribution in [0.5, 0.6) is 0 Å². The Kier molecular flexibility index (Phi) is 4.29. The predicted octanol–water partition coefficient (Wildman–Crippen LogP) is 2.42. The van der Waals surface area contributed by atoms with E-state index in [1.54, 1.807) is 0 Å². The van der Waals surface area contributed by atoms with Gasteiger partial charge in [0.1, 0.15) is 24.4 Å². The van der Waals surface area contributed by atoms with Gasteiger partial charge >= 0.3 is 12.4 Å². The molecule has 0 heterocycles. The molecule has 0 N–H and O–H groups in total. The quantitative estimate of drug-likeness (QED) is 0.554. The van der Waals surface area contributed by atoms with Gasteiger partial charge < -0.3 is 0 Å². The third-order valence-corrected chi connectivity index (χ3v) is 1.19. The minimum absolute atomic E-state index is 1.33. The first kappa shape index (κ1) is 13.9. The highest BCUT2D eigenvalue weighted by Gasteiger charge is 2.35. The van der Waals surface area contributed by atoms with Crippen LogP contribution in [-0.4, -0.2) is 23.9 Å². The Balaban J connectivity index is 4.04. The molecule has 0 aromatic rings. The molecule has 0 amide bonds. The summed E-state index contributed by atoms with van der Waals surface area (Å²) in [5.41, 5.74) is 0. The normalized spacial score (nSPS) is 12.7. The van der Waals surface area contributed by atoms with E-state index < -0.39 is 43.2 Å². The van der Waals surface area contributed by atoms with Gasteiger partial charge in [0, 0.05) is 0 Å². The SMILES string of the molecule is O=C(CC(=O)CC(F)(F)F)CC(F)(F)F. The average molecular weight is 236 g/mol. The molecule has 0 fully saturated rings. The molecule has 8 heteroatoms. The van der Waals surface area contributed by atoms with E-state index in [0.29, 0.717) is 0 Å².